The van der Waals surface area contributed by atoms with Crippen LogP contribution in [0.15, 0.2) is 34.9 Å². The van der Waals surface area contributed by atoms with Gasteiger partial charge in [0.1, 0.15) is 0 Å². The van der Waals surface area contributed by atoms with Crippen molar-refractivity contribution in [2.24, 2.45) is 0 Å². The van der Waals surface area contributed by atoms with Crippen molar-refractivity contribution in [1.82, 2.24) is 15.5 Å². The van der Waals surface area contributed by atoms with E-state index in [1.165, 1.54) is 0 Å². The lowest BCUT2D eigenvalue weighted by atomic mass is 9.84. The van der Waals surface area contributed by atoms with Crippen LogP contribution in [0.2, 0.25) is 0 Å². The molecule has 2 aromatic rings. The molecule has 0 unspecified atom stereocenters. The lowest BCUT2D eigenvalue weighted by Crippen LogP contribution is -2.28. The van der Waals surface area contributed by atoms with Crippen LogP contribution in [0.25, 0.3) is 0 Å². The van der Waals surface area contributed by atoms with E-state index in [0.29, 0.717) is 5.82 Å². The number of rotatable bonds is 5. The second-order valence-corrected chi connectivity index (χ2v) is 5.22. The molecule has 114 valence electrons. The van der Waals surface area contributed by atoms with E-state index in [-0.39, 0.29) is 12.4 Å². The fourth-order valence-corrected chi connectivity index (χ4v) is 1.88. The van der Waals surface area contributed by atoms with Crippen LogP contribution in [0, 0.1) is 0 Å². The highest BCUT2D eigenvalue weighted by Crippen LogP contribution is 2.28. The number of benzene rings is 1. The molecular weight excluding hydrogens is 283 g/mol. The number of nitrogens with one attached hydrogen (secondary N) is 1. The SMILES string of the molecule is CC(C)(c1ccccc1)c1noc(CNCC(F)(F)F)n1. The highest BCUT2D eigenvalue weighted by atomic mass is 19.4. The van der Waals surface area contributed by atoms with E-state index in [0.717, 1.165) is 5.56 Å². The second kappa shape index (κ2) is 5.85. The van der Waals surface area contributed by atoms with Crippen molar-refractivity contribution in [3.05, 3.63) is 47.6 Å². The first kappa shape index (κ1) is 15.5. The molecule has 0 saturated heterocycles. The molecule has 2 rings (SSSR count). The highest BCUT2D eigenvalue weighted by Gasteiger charge is 2.29. The van der Waals surface area contributed by atoms with Crippen molar-refractivity contribution < 1.29 is 17.7 Å². The Morgan fingerprint density at radius 2 is 1.81 bits per heavy atom. The van der Waals surface area contributed by atoms with E-state index in [4.69, 9.17) is 4.52 Å². The fraction of sp³-hybridized carbons (Fsp3) is 0.429. The molecule has 21 heavy (non-hydrogen) atoms. The minimum absolute atomic E-state index is 0.114. The average Bonchev–Trinajstić information content (AvgIpc) is 2.88. The van der Waals surface area contributed by atoms with Crippen molar-refractivity contribution in [1.29, 1.82) is 0 Å². The summed E-state index contributed by atoms with van der Waals surface area (Å²) in [7, 11) is 0. The normalized spacial score (nSPS) is 12.6. The fourth-order valence-electron chi connectivity index (χ4n) is 1.88. The lowest BCUT2D eigenvalue weighted by Gasteiger charge is -2.20. The molecule has 0 aliphatic rings. The average molecular weight is 299 g/mol. The molecule has 0 aliphatic heterocycles. The van der Waals surface area contributed by atoms with Crippen LogP contribution in [0.5, 0.6) is 0 Å². The molecule has 1 heterocycles. The summed E-state index contributed by atoms with van der Waals surface area (Å²) in [6, 6.07) is 9.60. The third-order valence-electron chi connectivity index (χ3n) is 3.12. The van der Waals surface area contributed by atoms with Crippen LogP contribution in [-0.4, -0.2) is 22.9 Å². The predicted octanol–water partition coefficient (Wildman–Crippen LogP) is 3.05. The summed E-state index contributed by atoms with van der Waals surface area (Å²) < 4.78 is 41.1. The molecule has 0 saturated carbocycles. The standard InChI is InChI=1S/C14H16F3N3O/c1-13(2,10-6-4-3-5-7-10)12-19-11(21-20-12)8-18-9-14(15,16)17/h3-7,18H,8-9H2,1-2H3. The summed E-state index contributed by atoms with van der Waals surface area (Å²) in [5.74, 6) is 0.579. The Hall–Kier alpha value is -1.89. The number of nitrogens with zero attached hydrogens (tertiary/aromatic N) is 2. The summed E-state index contributed by atoms with van der Waals surface area (Å²) in [5, 5.41) is 6.10. The van der Waals surface area contributed by atoms with Crippen molar-refractivity contribution >= 4 is 0 Å². The number of aromatic nitrogens is 2. The van der Waals surface area contributed by atoms with E-state index in [9.17, 15) is 13.2 Å². The van der Waals surface area contributed by atoms with Gasteiger partial charge in [-0.1, -0.05) is 35.5 Å². The molecule has 1 N–H and O–H groups in total. The Bertz CT molecular complexity index is 579. The largest absolute Gasteiger partial charge is 0.401 e. The summed E-state index contributed by atoms with van der Waals surface area (Å²) in [4.78, 5) is 4.17. The van der Waals surface area contributed by atoms with Gasteiger partial charge in [0, 0.05) is 0 Å². The summed E-state index contributed by atoms with van der Waals surface area (Å²) >= 11 is 0. The number of hydrogen-bond acceptors (Lipinski definition) is 4. The lowest BCUT2D eigenvalue weighted by molar-refractivity contribution is -0.125. The maximum atomic E-state index is 12.0. The molecule has 0 amide bonds. The zero-order valence-electron chi connectivity index (χ0n) is 11.7. The van der Waals surface area contributed by atoms with Gasteiger partial charge in [-0.2, -0.15) is 18.2 Å². The maximum Gasteiger partial charge on any atom is 0.401 e. The van der Waals surface area contributed by atoms with Crippen molar-refractivity contribution in [3.8, 4) is 0 Å². The van der Waals surface area contributed by atoms with Gasteiger partial charge in [0.25, 0.3) is 0 Å². The van der Waals surface area contributed by atoms with E-state index in [1.807, 2.05) is 44.2 Å². The third-order valence-corrected chi connectivity index (χ3v) is 3.12. The molecule has 7 heteroatoms. The molecule has 1 aromatic carbocycles. The molecular formula is C14H16F3N3O. The van der Waals surface area contributed by atoms with Gasteiger partial charge in [0.2, 0.25) is 5.89 Å². The molecule has 0 fully saturated rings. The smallest absolute Gasteiger partial charge is 0.338 e. The predicted molar refractivity (Wildman–Crippen MR) is 70.6 cm³/mol. The zero-order chi connectivity index (χ0) is 15.5. The topological polar surface area (TPSA) is 51.0 Å². The summed E-state index contributed by atoms with van der Waals surface area (Å²) in [6.45, 7) is 2.66. The van der Waals surface area contributed by atoms with Crippen molar-refractivity contribution in [3.63, 3.8) is 0 Å². The first-order valence-corrected chi connectivity index (χ1v) is 6.45. The van der Waals surface area contributed by atoms with E-state index >= 15 is 0 Å². The minimum atomic E-state index is -4.26. The summed E-state index contributed by atoms with van der Waals surface area (Å²) in [6.07, 6.45) is -4.26. The van der Waals surface area contributed by atoms with Gasteiger partial charge in [0.05, 0.1) is 18.5 Å². The van der Waals surface area contributed by atoms with E-state index in [2.05, 4.69) is 15.5 Å². The van der Waals surface area contributed by atoms with E-state index < -0.39 is 18.1 Å². The Morgan fingerprint density at radius 3 is 2.43 bits per heavy atom. The Kier molecular flexibility index (Phi) is 4.32. The molecule has 0 radical (unpaired) electrons. The Labute approximate surface area is 120 Å². The van der Waals surface area contributed by atoms with Crippen LogP contribution in [-0.2, 0) is 12.0 Å². The zero-order valence-corrected chi connectivity index (χ0v) is 11.7. The minimum Gasteiger partial charge on any atom is -0.338 e. The van der Waals surface area contributed by atoms with Crippen molar-refractivity contribution in [2.45, 2.75) is 32.0 Å². The van der Waals surface area contributed by atoms with Gasteiger partial charge < -0.3 is 9.84 Å². The Balaban J connectivity index is 2.06. The second-order valence-electron chi connectivity index (χ2n) is 5.22. The van der Waals surface area contributed by atoms with Gasteiger partial charge in [-0.05, 0) is 19.4 Å². The van der Waals surface area contributed by atoms with Crippen LogP contribution < -0.4 is 5.32 Å². The molecule has 0 bridgehead atoms. The number of hydrogen-bond donors (Lipinski definition) is 1. The number of alkyl halides is 3. The van der Waals surface area contributed by atoms with Gasteiger partial charge in [0.15, 0.2) is 5.82 Å². The Morgan fingerprint density at radius 1 is 1.14 bits per heavy atom. The third kappa shape index (κ3) is 4.04. The van der Waals surface area contributed by atoms with Gasteiger partial charge in [-0.15, -0.1) is 0 Å². The monoisotopic (exact) mass is 299 g/mol. The molecule has 0 aliphatic carbocycles. The van der Waals surface area contributed by atoms with Crippen molar-refractivity contribution in [2.75, 3.05) is 6.54 Å². The molecule has 1 aromatic heterocycles. The molecule has 0 spiro atoms. The molecule has 4 nitrogen and oxygen atoms in total. The first-order chi connectivity index (χ1) is 9.79. The number of halogens is 3. The molecule has 0 atom stereocenters. The van der Waals surface area contributed by atoms with Crippen LogP contribution >= 0.6 is 0 Å². The quantitative estimate of drug-likeness (QED) is 0.922. The van der Waals surface area contributed by atoms with Gasteiger partial charge >= 0.3 is 6.18 Å². The maximum absolute atomic E-state index is 12.0. The summed E-state index contributed by atoms with van der Waals surface area (Å²) in [5.41, 5.74) is 0.521. The van der Waals surface area contributed by atoms with Crippen LogP contribution in [0.4, 0.5) is 13.2 Å². The first-order valence-electron chi connectivity index (χ1n) is 6.45. The van der Waals surface area contributed by atoms with Crippen LogP contribution in [0.3, 0.4) is 0 Å². The highest BCUT2D eigenvalue weighted by molar-refractivity contribution is 5.30. The van der Waals surface area contributed by atoms with Gasteiger partial charge in [-0.3, -0.25) is 0 Å². The van der Waals surface area contributed by atoms with Gasteiger partial charge in [-0.25, -0.2) is 0 Å². The van der Waals surface area contributed by atoms with E-state index in [1.54, 1.807) is 0 Å². The van der Waals surface area contributed by atoms with Crippen LogP contribution in [0.1, 0.15) is 31.1 Å².